The number of hydrogen-bond donors (Lipinski definition) is 0. The smallest absolute Gasteiger partial charge is 0.256 e. The first-order valence-corrected chi connectivity index (χ1v) is 9.37. The van der Waals surface area contributed by atoms with Gasteiger partial charge in [-0.05, 0) is 37.8 Å². The van der Waals surface area contributed by atoms with Crippen LogP contribution in [0.1, 0.15) is 62.7 Å². The predicted molar refractivity (Wildman–Crippen MR) is 96.3 cm³/mol. The highest BCUT2D eigenvalue weighted by atomic mass is 16.2. The molecule has 0 unspecified atom stereocenters. The number of hydrogen-bond acceptors (Lipinski definition) is 3. The van der Waals surface area contributed by atoms with Crippen molar-refractivity contribution in [3.63, 3.8) is 0 Å². The standard InChI is InChI=1S/C20H26N2O3/c1-3-5-9-14(4-2)18(23)22-16-11-7-6-10-15(16)19(24)21-13-8-12-17(21)20(22)25/h6-7,10-11,14,17H,3-5,8-9,12-13H2,1-2H3/t14-,17+/m0/s1. The molecule has 0 spiro atoms. The summed E-state index contributed by atoms with van der Waals surface area (Å²) in [6.45, 7) is 4.66. The van der Waals surface area contributed by atoms with E-state index in [9.17, 15) is 14.4 Å². The number of carbonyl (C=O) groups excluding carboxylic acids is 3. The molecule has 1 fully saturated rings. The third-order valence-corrected chi connectivity index (χ3v) is 5.36. The molecule has 2 aliphatic heterocycles. The van der Waals surface area contributed by atoms with Gasteiger partial charge in [0.2, 0.25) is 5.91 Å². The molecule has 1 saturated heterocycles. The van der Waals surface area contributed by atoms with E-state index in [4.69, 9.17) is 0 Å². The highest BCUT2D eigenvalue weighted by Crippen LogP contribution is 2.34. The number of fused-ring (bicyclic) bond motifs is 2. The molecule has 5 heteroatoms. The van der Waals surface area contributed by atoms with E-state index in [1.54, 1.807) is 29.2 Å². The molecule has 0 saturated carbocycles. The molecule has 0 aromatic heterocycles. The highest BCUT2D eigenvalue weighted by molar-refractivity contribution is 6.22. The van der Waals surface area contributed by atoms with Crippen LogP contribution >= 0.6 is 0 Å². The molecule has 134 valence electrons. The molecule has 25 heavy (non-hydrogen) atoms. The van der Waals surface area contributed by atoms with Gasteiger partial charge in [0.05, 0.1) is 11.3 Å². The van der Waals surface area contributed by atoms with Crippen molar-refractivity contribution < 1.29 is 14.4 Å². The van der Waals surface area contributed by atoms with E-state index < -0.39 is 6.04 Å². The summed E-state index contributed by atoms with van der Waals surface area (Å²) in [4.78, 5) is 42.2. The van der Waals surface area contributed by atoms with Gasteiger partial charge in [0, 0.05) is 12.5 Å². The number of anilines is 1. The van der Waals surface area contributed by atoms with E-state index in [0.717, 1.165) is 25.7 Å². The van der Waals surface area contributed by atoms with Gasteiger partial charge in [-0.15, -0.1) is 0 Å². The van der Waals surface area contributed by atoms with E-state index in [1.807, 2.05) is 6.92 Å². The summed E-state index contributed by atoms with van der Waals surface area (Å²) in [5, 5.41) is 0. The Morgan fingerprint density at radius 2 is 2.00 bits per heavy atom. The second kappa shape index (κ2) is 7.38. The zero-order chi connectivity index (χ0) is 18.0. The first kappa shape index (κ1) is 17.6. The molecule has 0 N–H and O–H groups in total. The van der Waals surface area contributed by atoms with Gasteiger partial charge in [-0.2, -0.15) is 0 Å². The van der Waals surface area contributed by atoms with E-state index in [-0.39, 0.29) is 23.6 Å². The van der Waals surface area contributed by atoms with Gasteiger partial charge >= 0.3 is 0 Å². The van der Waals surface area contributed by atoms with Crippen LogP contribution in [0.3, 0.4) is 0 Å². The summed E-state index contributed by atoms with van der Waals surface area (Å²) in [5.41, 5.74) is 0.908. The molecular formula is C20H26N2O3. The summed E-state index contributed by atoms with van der Waals surface area (Å²) in [5.74, 6) is -0.714. The lowest BCUT2D eigenvalue weighted by Gasteiger charge is -2.27. The van der Waals surface area contributed by atoms with Crippen molar-refractivity contribution in [2.45, 2.75) is 58.4 Å². The van der Waals surface area contributed by atoms with Crippen molar-refractivity contribution in [2.24, 2.45) is 5.92 Å². The zero-order valence-electron chi connectivity index (χ0n) is 15.0. The third-order valence-electron chi connectivity index (χ3n) is 5.36. The summed E-state index contributed by atoms with van der Waals surface area (Å²) in [6.07, 6.45) is 4.90. The molecule has 0 bridgehead atoms. The lowest BCUT2D eigenvalue weighted by molar-refractivity contribution is -0.130. The van der Waals surface area contributed by atoms with Gasteiger partial charge in [0.1, 0.15) is 6.04 Å². The molecule has 2 aliphatic rings. The number of unbranched alkanes of at least 4 members (excludes halogenated alkanes) is 1. The Balaban J connectivity index is 2.04. The van der Waals surface area contributed by atoms with E-state index in [2.05, 4.69) is 6.92 Å². The Kier molecular flexibility index (Phi) is 5.21. The Hall–Kier alpha value is -2.17. The minimum absolute atomic E-state index is 0.136. The highest BCUT2D eigenvalue weighted by Gasteiger charge is 2.44. The van der Waals surface area contributed by atoms with Crippen LogP contribution in [0.25, 0.3) is 0 Å². The maximum absolute atomic E-state index is 13.2. The number of rotatable bonds is 5. The number of nitrogens with zero attached hydrogens (tertiary/aromatic N) is 2. The van der Waals surface area contributed by atoms with Crippen LogP contribution < -0.4 is 4.90 Å². The van der Waals surface area contributed by atoms with Crippen LogP contribution in [0.5, 0.6) is 0 Å². The maximum Gasteiger partial charge on any atom is 0.256 e. The third kappa shape index (κ3) is 3.08. The molecule has 1 aromatic rings. The van der Waals surface area contributed by atoms with Gasteiger partial charge in [0.25, 0.3) is 11.8 Å². The van der Waals surface area contributed by atoms with Crippen molar-refractivity contribution in [3.8, 4) is 0 Å². The van der Waals surface area contributed by atoms with Crippen LogP contribution in [0.2, 0.25) is 0 Å². The molecule has 3 rings (SSSR count). The summed E-state index contributed by atoms with van der Waals surface area (Å²) in [7, 11) is 0. The van der Waals surface area contributed by atoms with Crippen molar-refractivity contribution in [1.82, 2.24) is 4.90 Å². The Morgan fingerprint density at radius 1 is 1.24 bits per heavy atom. The average molecular weight is 342 g/mol. The van der Waals surface area contributed by atoms with Gasteiger partial charge in [-0.1, -0.05) is 38.8 Å². The first-order valence-electron chi connectivity index (χ1n) is 9.37. The Labute approximate surface area is 149 Å². The number of carbonyl (C=O) groups is 3. The van der Waals surface area contributed by atoms with Crippen molar-refractivity contribution in [1.29, 1.82) is 0 Å². The number of benzene rings is 1. The fourth-order valence-electron chi connectivity index (χ4n) is 3.90. The first-order chi connectivity index (χ1) is 12.1. The Morgan fingerprint density at radius 3 is 2.72 bits per heavy atom. The molecule has 1 aromatic carbocycles. The second-order valence-corrected chi connectivity index (χ2v) is 6.93. The number of imide groups is 1. The molecule has 5 nitrogen and oxygen atoms in total. The average Bonchev–Trinajstić information content (AvgIpc) is 3.09. The van der Waals surface area contributed by atoms with Crippen molar-refractivity contribution >= 4 is 23.4 Å². The lowest BCUT2D eigenvalue weighted by Crippen LogP contribution is -2.48. The molecular weight excluding hydrogens is 316 g/mol. The molecule has 0 aliphatic carbocycles. The SMILES string of the molecule is CCCC[C@H](CC)C(=O)N1C(=O)[C@H]2CCCN2C(=O)c2ccccc21. The van der Waals surface area contributed by atoms with Crippen LogP contribution in [0.4, 0.5) is 5.69 Å². The van der Waals surface area contributed by atoms with Gasteiger partial charge < -0.3 is 4.90 Å². The van der Waals surface area contributed by atoms with Crippen LogP contribution in [0, 0.1) is 5.92 Å². The fourth-order valence-corrected chi connectivity index (χ4v) is 3.90. The lowest BCUT2D eigenvalue weighted by atomic mass is 9.96. The molecule has 0 radical (unpaired) electrons. The van der Waals surface area contributed by atoms with E-state index in [0.29, 0.717) is 30.6 Å². The van der Waals surface area contributed by atoms with Crippen molar-refractivity contribution in [3.05, 3.63) is 29.8 Å². The van der Waals surface area contributed by atoms with Crippen LogP contribution in [-0.4, -0.2) is 35.2 Å². The summed E-state index contributed by atoms with van der Waals surface area (Å²) >= 11 is 0. The molecule has 3 amide bonds. The number of para-hydroxylation sites is 1. The number of amides is 3. The topological polar surface area (TPSA) is 57.7 Å². The predicted octanol–water partition coefficient (Wildman–Crippen LogP) is 3.38. The van der Waals surface area contributed by atoms with E-state index >= 15 is 0 Å². The molecule has 2 atom stereocenters. The van der Waals surface area contributed by atoms with Crippen LogP contribution in [-0.2, 0) is 9.59 Å². The molecule has 2 heterocycles. The second-order valence-electron chi connectivity index (χ2n) is 6.93. The normalized spacial score (nSPS) is 21.0. The van der Waals surface area contributed by atoms with Gasteiger partial charge in [-0.3, -0.25) is 14.4 Å². The van der Waals surface area contributed by atoms with E-state index in [1.165, 1.54) is 4.90 Å². The van der Waals surface area contributed by atoms with Crippen LogP contribution in [0.15, 0.2) is 24.3 Å². The minimum Gasteiger partial charge on any atom is -0.327 e. The Bertz CT molecular complexity index is 685. The fraction of sp³-hybridized carbons (Fsp3) is 0.550. The van der Waals surface area contributed by atoms with Gasteiger partial charge in [-0.25, -0.2) is 4.90 Å². The summed E-state index contributed by atoms with van der Waals surface area (Å²) in [6, 6.07) is 6.50. The largest absolute Gasteiger partial charge is 0.327 e. The van der Waals surface area contributed by atoms with Gasteiger partial charge in [0.15, 0.2) is 0 Å². The quantitative estimate of drug-likeness (QED) is 0.824. The minimum atomic E-state index is -0.507. The summed E-state index contributed by atoms with van der Waals surface area (Å²) < 4.78 is 0. The monoisotopic (exact) mass is 342 g/mol. The maximum atomic E-state index is 13.2. The zero-order valence-corrected chi connectivity index (χ0v) is 15.0. The van der Waals surface area contributed by atoms with Crippen molar-refractivity contribution in [2.75, 3.05) is 11.4 Å².